The Labute approximate surface area is 116 Å². The maximum Gasteiger partial charge on any atom is 0.296 e. The molecule has 1 aromatic carbocycles. The summed E-state index contributed by atoms with van der Waals surface area (Å²) in [7, 11) is -3.63. The Kier molecular flexibility index (Phi) is 6.25. The van der Waals surface area contributed by atoms with Crippen molar-refractivity contribution >= 4 is 16.2 Å². The van der Waals surface area contributed by atoms with Gasteiger partial charge in [0.1, 0.15) is 0 Å². The Hall–Kier alpha value is -1.13. The zero-order valence-corrected chi connectivity index (χ0v) is 12.4. The van der Waals surface area contributed by atoms with Gasteiger partial charge in [0, 0.05) is 0 Å². The second-order valence-electron chi connectivity index (χ2n) is 4.73. The Morgan fingerprint density at radius 1 is 1.26 bits per heavy atom. The minimum absolute atomic E-state index is 0.196. The highest BCUT2D eigenvalue weighted by Crippen LogP contribution is 2.16. The Morgan fingerprint density at radius 2 is 1.89 bits per heavy atom. The van der Waals surface area contributed by atoms with Crippen molar-refractivity contribution in [3.63, 3.8) is 0 Å². The van der Waals surface area contributed by atoms with E-state index >= 15 is 0 Å². The predicted octanol–water partition coefficient (Wildman–Crippen LogP) is 3.86. The molecule has 19 heavy (non-hydrogen) atoms. The van der Waals surface area contributed by atoms with Crippen LogP contribution in [-0.4, -0.2) is 15.0 Å². The standard InChI is InChI=1S/C15H22O3S/c1-4-6-13(3)11-12-18-19(16,17)15-9-7-14(5-2)8-10-15/h5,7-10,13H,2,4,6,11-12H2,1,3H3. The summed E-state index contributed by atoms with van der Waals surface area (Å²) in [5.41, 5.74) is 0.885. The van der Waals surface area contributed by atoms with Crippen LogP contribution in [0.5, 0.6) is 0 Å². The molecule has 0 fully saturated rings. The topological polar surface area (TPSA) is 43.4 Å². The first kappa shape index (κ1) is 15.9. The summed E-state index contributed by atoms with van der Waals surface area (Å²) in [6.45, 7) is 8.10. The Balaban J connectivity index is 2.57. The summed E-state index contributed by atoms with van der Waals surface area (Å²) in [5.74, 6) is 0.489. The van der Waals surface area contributed by atoms with E-state index in [2.05, 4.69) is 20.4 Å². The number of benzene rings is 1. The zero-order chi connectivity index (χ0) is 14.3. The largest absolute Gasteiger partial charge is 0.296 e. The van der Waals surface area contributed by atoms with Crippen molar-refractivity contribution in [1.82, 2.24) is 0 Å². The lowest BCUT2D eigenvalue weighted by Crippen LogP contribution is -2.10. The summed E-state index contributed by atoms with van der Waals surface area (Å²) in [4.78, 5) is 0.196. The lowest BCUT2D eigenvalue weighted by Gasteiger charge is -2.10. The molecule has 106 valence electrons. The Bertz CT molecular complexity index is 489. The van der Waals surface area contributed by atoms with Crippen molar-refractivity contribution in [2.75, 3.05) is 6.61 Å². The predicted molar refractivity (Wildman–Crippen MR) is 78.4 cm³/mol. The van der Waals surface area contributed by atoms with Gasteiger partial charge in [-0.2, -0.15) is 8.42 Å². The van der Waals surface area contributed by atoms with Gasteiger partial charge in [0.2, 0.25) is 0 Å². The van der Waals surface area contributed by atoms with Crippen molar-refractivity contribution in [1.29, 1.82) is 0 Å². The van der Waals surface area contributed by atoms with Crippen molar-refractivity contribution in [2.24, 2.45) is 5.92 Å². The third-order valence-electron chi connectivity index (χ3n) is 3.04. The number of rotatable bonds is 8. The highest BCUT2D eigenvalue weighted by atomic mass is 32.2. The molecule has 0 bridgehead atoms. The minimum Gasteiger partial charge on any atom is -0.266 e. The van der Waals surface area contributed by atoms with Crippen LogP contribution in [0.2, 0.25) is 0 Å². The molecule has 4 heteroatoms. The van der Waals surface area contributed by atoms with Crippen LogP contribution in [0.1, 0.15) is 38.7 Å². The smallest absolute Gasteiger partial charge is 0.266 e. The maximum absolute atomic E-state index is 11.9. The van der Waals surface area contributed by atoms with Gasteiger partial charge in [-0.25, -0.2) is 0 Å². The summed E-state index contributed by atoms with van der Waals surface area (Å²) in [6.07, 6.45) is 4.63. The molecule has 0 radical (unpaired) electrons. The summed E-state index contributed by atoms with van der Waals surface area (Å²) >= 11 is 0. The molecule has 0 saturated heterocycles. The summed E-state index contributed by atoms with van der Waals surface area (Å²) < 4.78 is 28.9. The van der Waals surface area contributed by atoms with Crippen molar-refractivity contribution in [2.45, 2.75) is 38.0 Å². The van der Waals surface area contributed by atoms with E-state index in [1.54, 1.807) is 30.3 Å². The van der Waals surface area contributed by atoms with Crippen LogP contribution in [0.4, 0.5) is 0 Å². The normalized spacial score (nSPS) is 13.2. The number of hydrogen-bond donors (Lipinski definition) is 0. The lowest BCUT2D eigenvalue weighted by atomic mass is 10.0. The molecule has 1 unspecified atom stereocenters. The van der Waals surface area contributed by atoms with E-state index in [1.165, 1.54) is 0 Å². The van der Waals surface area contributed by atoms with Crippen molar-refractivity contribution in [3.8, 4) is 0 Å². The van der Waals surface area contributed by atoms with Crippen LogP contribution in [-0.2, 0) is 14.3 Å². The number of hydrogen-bond acceptors (Lipinski definition) is 3. The van der Waals surface area contributed by atoms with Crippen LogP contribution in [0.15, 0.2) is 35.7 Å². The van der Waals surface area contributed by atoms with Crippen LogP contribution in [0, 0.1) is 5.92 Å². The zero-order valence-electron chi connectivity index (χ0n) is 11.6. The van der Waals surface area contributed by atoms with Gasteiger partial charge < -0.3 is 0 Å². The highest BCUT2D eigenvalue weighted by molar-refractivity contribution is 7.86. The maximum atomic E-state index is 11.9. The summed E-state index contributed by atoms with van der Waals surface area (Å²) in [5, 5.41) is 0. The van der Waals surface area contributed by atoms with E-state index in [1.807, 2.05) is 0 Å². The minimum atomic E-state index is -3.63. The van der Waals surface area contributed by atoms with Gasteiger partial charge in [0.05, 0.1) is 11.5 Å². The summed E-state index contributed by atoms with van der Waals surface area (Å²) in [6, 6.07) is 6.51. The van der Waals surface area contributed by atoms with Crippen LogP contribution >= 0.6 is 0 Å². The average molecular weight is 282 g/mol. The molecule has 1 aromatic rings. The van der Waals surface area contributed by atoms with Gasteiger partial charge in [-0.15, -0.1) is 0 Å². The van der Waals surface area contributed by atoms with E-state index in [-0.39, 0.29) is 11.5 Å². The first-order valence-corrected chi connectivity index (χ1v) is 8.02. The molecule has 0 aliphatic heterocycles. The van der Waals surface area contributed by atoms with Gasteiger partial charge in [-0.3, -0.25) is 4.18 Å². The van der Waals surface area contributed by atoms with E-state index in [4.69, 9.17) is 4.18 Å². The molecule has 0 N–H and O–H groups in total. The molecule has 0 aliphatic rings. The van der Waals surface area contributed by atoms with Gasteiger partial charge in [-0.05, 0) is 30.0 Å². The Morgan fingerprint density at radius 3 is 2.42 bits per heavy atom. The van der Waals surface area contributed by atoms with Crippen LogP contribution in [0.25, 0.3) is 6.08 Å². The molecular weight excluding hydrogens is 260 g/mol. The molecule has 1 atom stereocenters. The fourth-order valence-electron chi connectivity index (χ4n) is 1.83. The molecule has 0 amide bonds. The van der Waals surface area contributed by atoms with Crippen molar-refractivity contribution in [3.05, 3.63) is 36.4 Å². The SMILES string of the molecule is C=Cc1ccc(S(=O)(=O)OCCC(C)CCC)cc1. The first-order valence-electron chi connectivity index (χ1n) is 6.61. The van der Waals surface area contributed by atoms with E-state index in [0.29, 0.717) is 5.92 Å². The molecular formula is C15H22O3S. The van der Waals surface area contributed by atoms with Gasteiger partial charge >= 0.3 is 0 Å². The van der Waals surface area contributed by atoms with Gasteiger partial charge in [-0.1, -0.05) is 51.5 Å². The second kappa shape index (κ2) is 7.46. The van der Waals surface area contributed by atoms with Crippen molar-refractivity contribution < 1.29 is 12.6 Å². The van der Waals surface area contributed by atoms with E-state index in [0.717, 1.165) is 24.8 Å². The monoisotopic (exact) mass is 282 g/mol. The van der Waals surface area contributed by atoms with Gasteiger partial charge in [0.15, 0.2) is 0 Å². The molecule has 0 heterocycles. The molecule has 0 saturated carbocycles. The molecule has 0 aliphatic carbocycles. The quantitative estimate of drug-likeness (QED) is 0.680. The molecule has 1 rings (SSSR count). The van der Waals surface area contributed by atoms with E-state index in [9.17, 15) is 8.42 Å². The second-order valence-corrected chi connectivity index (χ2v) is 6.35. The fourth-order valence-corrected chi connectivity index (χ4v) is 2.76. The van der Waals surface area contributed by atoms with Crippen LogP contribution in [0.3, 0.4) is 0 Å². The third-order valence-corrected chi connectivity index (χ3v) is 4.36. The fraction of sp³-hybridized carbons (Fsp3) is 0.467. The molecule has 3 nitrogen and oxygen atoms in total. The third kappa shape index (κ3) is 5.17. The average Bonchev–Trinajstić information content (AvgIpc) is 2.39. The highest BCUT2D eigenvalue weighted by Gasteiger charge is 2.15. The first-order chi connectivity index (χ1) is 8.99. The van der Waals surface area contributed by atoms with Crippen LogP contribution < -0.4 is 0 Å². The molecule has 0 spiro atoms. The lowest BCUT2D eigenvalue weighted by molar-refractivity contribution is 0.282. The van der Waals surface area contributed by atoms with E-state index < -0.39 is 10.1 Å². The van der Waals surface area contributed by atoms with Gasteiger partial charge in [0.25, 0.3) is 10.1 Å². The molecule has 0 aromatic heterocycles.